The molecule has 17 heavy (non-hydrogen) atoms. The summed E-state index contributed by atoms with van der Waals surface area (Å²) in [5, 5.41) is 0. The maximum atomic E-state index is 12.4. The second kappa shape index (κ2) is 3.58. The van der Waals surface area contributed by atoms with Crippen LogP contribution >= 0.6 is 0 Å². The van der Waals surface area contributed by atoms with E-state index in [0.717, 1.165) is 0 Å². The van der Waals surface area contributed by atoms with Crippen molar-refractivity contribution in [2.75, 3.05) is 6.54 Å². The van der Waals surface area contributed by atoms with Gasteiger partial charge in [-0.15, -0.1) is 0 Å². The first kappa shape index (κ1) is 12.6. The highest BCUT2D eigenvalue weighted by Crippen LogP contribution is 2.42. The molecule has 3 unspecified atom stereocenters. The fraction of sp³-hybridized carbons (Fsp3) is 0.600. The number of halogens is 3. The van der Waals surface area contributed by atoms with E-state index in [4.69, 9.17) is 0 Å². The molecule has 1 aliphatic carbocycles. The summed E-state index contributed by atoms with van der Waals surface area (Å²) in [6.07, 6.45) is 2.04. The molecular weight excluding hydrogens is 255 g/mol. The van der Waals surface area contributed by atoms with E-state index in [1.54, 1.807) is 18.2 Å². The average molecular weight is 267 g/mol. The van der Waals surface area contributed by atoms with E-state index in [1.165, 1.54) is 13.0 Å². The Bertz CT molecular complexity index is 480. The van der Waals surface area contributed by atoms with Crippen LogP contribution in [0.25, 0.3) is 0 Å². The Morgan fingerprint density at radius 3 is 2.41 bits per heavy atom. The van der Waals surface area contributed by atoms with Gasteiger partial charge in [0.1, 0.15) is 10.8 Å². The Morgan fingerprint density at radius 1 is 1.35 bits per heavy atom. The molecule has 0 aromatic heterocycles. The zero-order chi connectivity index (χ0) is 12.9. The molecule has 0 saturated carbocycles. The van der Waals surface area contributed by atoms with Crippen molar-refractivity contribution in [3.05, 3.63) is 24.3 Å². The van der Waals surface area contributed by atoms with Crippen molar-refractivity contribution < 1.29 is 21.6 Å². The minimum absolute atomic E-state index is 0.201. The highest BCUT2D eigenvalue weighted by molar-refractivity contribution is 7.91. The lowest BCUT2D eigenvalue weighted by Crippen LogP contribution is -2.40. The predicted octanol–water partition coefficient (Wildman–Crippen LogP) is 1.84. The van der Waals surface area contributed by atoms with Crippen molar-refractivity contribution in [3.63, 3.8) is 0 Å². The van der Waals surface area contributed by atoms with E-state index in [0.29, 0.717) is 4.31 Å². The van der Waals surface area contributed by atoms with Crippen molar-refractivity contribution in [1.82, 2.24) is 4.31 Å². The normalized spacial score (nSPS) is 37.2. The van der Waals surface area contributed by atoms with Crippen LogP contribution in [0.2, 0.25) is 0 Å². The summed E-state index contributed by atoms with van der Waals surface area (Å²) >= 11 is 0. The van der Waals surface area contributed by atoms with Crippen LogP contribution in [-0.2, 0) is 10.0 Å². The largest absolute Gasteiger partial charge is 0.406 e. The van der Waals surface area contributed by atoms with Gasteiger partial charge in [-0.2, -0.15) is 17.5 Å². The lowest BCUT2D eigenvalue weighted by Gasteiger charge is -2.27. The van der Waals surface area contributed by atoms with Crippen LogP contribution in [0.15, 0.2) is 24.3 Å². The van der Waals surface area contributed by atoms with E-state index in [9.17, 15) is 21.6 Å². The number of nitrogens with zero attached hydrogens (tertiary/aromatic N) is 1. The minimum atomic E-state index is -4.47. The van der Waals surface area contributed by atoms with Crippen LogP contribution in [0.3, 0.4) is 0 Å². The molecule has 7 heteroatoms. The van der Waals surface area contributed by atoms with Crippen LogP contribution < -0.4 is 0 Å². The van der Waals surface area contributed by atoms with Gasteiger partial charge in [-0.1, -0.05) is 24.3 Å². The highest BCUT2D eigenvalue weighted by atomic mass is 32.2. The first-order chi connectivity index (χ1) is 7.68. The molecule has 0 bridgehead atoms. The van der Waals surface area contributed by atoms with Crippen molar-refractivity contribution >= 4 is 10.0 Å². The third-order valence-corrected chi connectivity index (χ3v) is 5.56. The van der Waals surface area contributed by atoms with Gasteiger partial charge in [0, 0.05) is 6.54 Å². The highest BCUT2D eigenvalue weighted by Gasteiger charge is 2.62. The van der Waals surface area contributed by atoms with Gasteiger partial charge in [0.05, 0.1) is 0 Å². The van der Waals surface area contributed by atoms with Crippen LogP contribution in [0.1, 0.15) is 13.3 Å². The molecule has 1 aliphatic heterocycles. The van der Waals surface area contributed by atoms with Crippen molar-refractivity contribution in [1.29, 1.82) is 0 Å². The zero-order valence-corrected chi connectivity index (χ0v) is 9.92. The van der Waals surface area contributed by atoms with E-state index in [1.807, 2.05) is 0 Å². The second-order valence-corrected chi connectivity index (χ2v) is 6.79. The van der Waals surface area contributed by atoms with Gasteiger partial charge >= 0.3 is 6.18 Å². The third kappa shape index (κ3) is 2.01. The Hall–Kier alpha value is -0.820. The van der Waals surface area contributed by atoms with E-state index >= 15 is 0 Å². The molecule has 2 aliphatic rings. The molecule has 0 aromatic carbocycles. The van der Waals surface area contributed by atoms with Crippen LogP contribution in [0.5, 0.6) is 0 Å². The molecule has 0 N–H and O–H groups in total. The molecule has 1 heterocycles. The molecule has 3 nitrogen and oxygen atoms in total. The first-order valence-electron chi connectivity index (χ1n) is 5.11. The third-order valence-electron chi connectivity index (χ3n) is 3.06. The van der Waals surface area contributed by atoms with Crippen LogP contribution in [-0.4, -0.2) is 36.2 Å². The number of alkyl halides is 3. The number of rotatable bonds is 2. The van der Waals surface area contributed by atoms with Crippen molar-refractivity contribution in [2.24, 2.45) is 0 Å². The molecule has 3 atom stereocenters. The van der Waals surface area contributed by atoms with Gasteiger partial charge < -0.3 is 0 Å². The Labute approximate surface area is 97.7 Å². The molecule has 0 spiro atoms. The summed E-state index contributed by atoms with van der Waals surface area (Å²) in [5.41, 5.74) is 0. The molecule has 96 valence electrons. The van der Waals surface area contributed by atoms with E-state index < -0.39 is 33.5 Å². The monoisotopic (exact) mass is 267 g/mol. The van der Waals surface area contributed by atoms with Gasteiger partial charge in [-0.05, 0) is 13.3 Å². The predicted molar refractivity (Wildman–Crippen MR) is 56.8 cm³/mol. The molecule has 0 amide bonds. The fourth-order valence-corrected chi connectivity index (χ4v) is 3.71. The maximum absolute atomic E-state index is 12.4. The van der Waals surface area contributed by atoms with E-state index in [2.05, 4.69) is 0 Å². The van der Waals surface area contributed by atoms with Crippen molar-refractivity contribution in [3.8, 4) is 0 Å². The Kier molecular flexibility index (Phi) is 2.66. The Balaban J connectivity index is 2.23. The minimum Gasteiger partial charge on any atom is -0.211 e. The molecule has 1 fully saturated rings. The van der Waals surface area contributed by atoms with Crippen molar-refractivity contribution in [2.45, 2.75) is 30.3 Å². The summed E-state index contributed by atoms with van der Waals surface area (Å²) in [6.45, 7) is 0.979. The van der Waals surface area contributed by atoms with Crippen LogP contribution in [0, 0.1) is 0 Å². The Morgan fingerprint density at radius 2 is 2.00 bits per heavy atom. The first-order valence-corrected chi connectivity index (χ1v) is 6.55. The molecular formula is C10H12F3NO2S. The lowest BCUT2D eigenvalue weighted by molar-refractivity contribution is -0.132. The maximum Gasteiger partial charge on any atom is 0.406 e. The van der Waals surface area contributed by atoms with Gasteiger partial charge in [0.25, 0.3) is 0 Å². The zero-order valence-electron chi connectivity index (χ0n) is 9.11. The molecule has 1 saturated heterocycles. The quantitative estimate of drug-likeness (QED) is 0.716. The smallest absolute Gasteiger partial charge is 0.211 e. The average Bonchev–Trinajstić information content (AvgIpc) is 2.97. The SMILES string of the molecule is CC1(S(=O)(=O)N2CC2C(F)(F)F)C=CC=CC1. The summed E-state index contributed by atoms with van der Waals surface area (Å²) in [4.78, 5) is 0. The summed E-state index contributed by atoms with van der Waals surface area (Å²) < 4.78 is 60.5. The van der Waals surface area contributed by atoms with Gasteiger partial charge in [0.2, 0.25) is 10.0 Å². The summed E-state index contributed by atoms with van der Waals surface area (Å²) in [7, 11) is -3.95. The van der Waals surface area contributed by atoms with E-state index in [-0.39, 0.29) is 6.42 Å². The lowest BCUT2D eigenvalue weighted by atomic mass is 10.0. The van der Waals surface area contributed by atoms with Gasteiger partial charge in [-0.25, -0.2) is 8.42 Å². The standard InChI is InChI=1S/C10H12F3NO2S/c1-9(5-3-2-4-6-9)17(15,16)14-7-8(14)10(11,12)13/h2-5,8H,6-7H2,1H3. The molecule has 0 aromatic rings. The van der Waals surface area contributed by atoms with Crippen LogP contribution in [0.4, 0.5) is 13.2 Å². The summed E-state index contributed by atoms with van der Waals surface area (Å²) in [6, 6.07) is -1.84. The second-order valence-electron chi connectivity index (χ2n) is 4.44. The topological polar surface area (TPSA) is 37.1 Å². The number of hydrogen-bond donors (Lipinski definition) is 0. The summed E-state index contributed by atoms with van der Waals surface area (Å²) in [5.74, 6) is 0. The fourth-order valence-electron chi connectivity index (χ4n) is 1.82. The number of sulfonamides is 1. The number of allylic oxidation sites excluding steroid dienone is 3. The molecule has 2 rings (SSSR count). The van der Waals surface area contributed by atoms with Gasteiger partial charge in [0.15, 0.2) is 0 Å². The van der Waals surface area contributed by atoms with Gasteiger partial charge in [-0.3, -0.25) is 0 Å². The molecule has 0 radical (unpaired) electrons. The number of hydrogen-bond acceptors (Lipinski definition) is 2.